The van der Waals surface area contributed by atoms with Crippen LogP contribution in [0.4, 0.5) is 5.69 Å². The molecule has 0 radical (unpaired) electrons. The zero-order valence-electron chi connectivity index (χ0n) is 18.3. The Hall–Kier alpha value is -3.30. The molecule has 0 fully saturated rings. The molecule has 0 N–H and O–H groups in total. The van der Waals surface area contributed by atoms with E-state index in [4.69, 9.17) is 4.74 Å². The van der Waals surface area contributed by atoms with E-state index in [2.05, 4.69) is 4.99 Å². The molecule has 2 aliphatic rings. The highest BCUT2D eigenvalue weighted by molar-refractivity contribution is 7.10. The quantitative estimate of drug-likeness (QED) is 0.539. The number of carbonyl (C=O) groups excluding carboxylic acids is 2. The fourth-order valence-corrected chi connectivity index (χ4v) is 6.36. The first-order valence-corrected chi connectivity index (χ1v) is 12.3. The van der Waals surface area contributed by atoms with Gasteiger partial charge in [0.05, 0.1) is 29.6 Å². The maximum Gasteiger partial charge on any atom is 0.338 e. The monoisotopic (exact) mass is 479 g/mol. The third kappa shape index (κ3) is 3.22. The standard InChI is InChI=1S/C24H21N3O4S2/c1-4-11-26-15-9-6-5-8-14(15)18(21(26)28)20-22(29)27-19(16-10-7-12-32-16)17(23(30)31-3)13(2)25-24(27)33-20/h5-10,12,19H,4,11H2,1-3H3/b20-18-/t19-/m0/s1. The van der Waals surface area contributed by atoms with Crippen LogP contribution in [0.5, 0.6) is 0 Å². The second-order valence-electron chi connectivity index (χ2n) is 7.76. The van der Waals surface area contributed by atoms with E-state index in [0.717, 1.165) is 22.5 Å². The topological polar surface area (TPSA) is 81.0 Å². The highest BCUT2D eigenvalue weighted by Gasteiger charge is 2.37. The van der Waals surface area contributed by atoms with Crippen molar-refractivity contribution in [2.75, 3.05) is 18.6 Å². The fraction of sp³-hybridized carbons (Fsp3) is 0.250. The van der Waals surface area contributed by atoms with Crippen molar-refractivity contribution in [1.82, 2.24) is 4.57 Å². The second kappa shape index (κ2) is 8.24. The second-order valence-corrected chi connectivity index (χ2v) is 9.72. The predicted octanol–water partition coefficient (Wildman–Crippen LogP) is 2.60. The Kier molecular flexibility index (Phi) is 5.38. The summed E-state index contributed by atoms with van der Waals surface area (Å²) < 4.78 is 6.89. The number of benzene rings is 1. The number of esters is 1. The lowest BCUT2D eigenvalue weighted by Gasteiger charge is -2.22. The molecule has 1 aromatic carbocycles. The summed E-state index contributed by atoms with van der Waals surface area (Å²) in [6.45, 7) is 4.33. The van der Waals surface area contributed by atoms with E-state index in [0.29, 0.717) is 32.7 Å². The van der Waals surface area contributed by atoms with Crippen molar-refractivity contribution < 1.29 is 14.3 Å². The number of thiophene rings is 1. The predicted molar refractivity (Wildman–Crippen MR) is 128 cm³/mol. The van der Waals surface area contributed by atoms with Crippen molar-refractivity contribution in [2.45, 2.75) is 26.3 Å². The number of thiazole rings is 1. The Morgan fingerprint density at radius 1 is 1.18 bits per heavy atom. The summed E-state index contributed by atoms with van der Waals surface area (Å²) in [7, 11) is 1.32. The van der Waals surface area contributed by atoms with Gasteiger partial charge in [-0.15, -0.1) is 11.3 Å². The Bertz CT molecular complexity index is 1490. The van der Waals surface area contributed by atoms with Gasteiger partial charge in [-0.1, -0.05) is 42.5 Å². The molecule has 5 rings (SSSR count). The Morgan fingerprint density at radius 3 is 2.67 bits per heavy atom. The van der Waals surface area contributed by atoms with E-state index in [9.17, 15) is 14.4 Å². The number of rotatable bonds is 4. The lowest BCUT2D eigenvalue weighted by atomic mass is 10.0. The third-order valence-electron chi connectivity index (χ3n) is 5.81. The van der Waals surface area contributed by atoms with Gasteiger partial charge < -0.3 is 9.64 Å². The molecule has 0 bridgehead atoms. The summed E-state index contributed by atoms with van der Waals surface area (Å²) in [6.07, 6.45) is 0.800. The number of nitrogens with zero attached hydrogens (tertiary/aromatic N) is 3. The van der Waals surface area contributed by atoms with Gasteiger partial charge in [0.15, 0.2) is 4.80 Å². The minimum atomic E-state index is -0.651. The molecule has 168 valence electrons. The van der Waals surface area contributed by atoms with Crippen LogP contribution in [0.3, 0.4) is 0 Å². The van der Waals surface area contributed by atoms with Crippen molar-refractivity contribution in [2.24, 2.45) is 4.99 Å². The van der Waals surface area contributed by atoms with E-state index < -0.39 is 12.0 Å². The van der Waals surface area contributed by atoms with Crippen LogP contribution in [-0.4, -0.2) is 30.1 Å². The van der Waals surface area contributed by atoms with Crippen LogP contribution in [0.15, 0.2) is 62.8 Å². The number of allylic oxidation sites excluding steroid dienone is 1. The van der Waals surface area contributed by atoms with Crippen molar-refractivity contribution in [3.8, 4) is 0 Å². The molecule has 1 atom stereocenters. The Balaban J connectivity index is 1.83. The number of hydrogen-bond donors (Lipinski definition) is 0. The van der Waals surface area contributed by atoms with Crippen molar-refractivity contribution >= 4 is 45.8 Å². The van der Waals surface area contributed by atoms with Crippen LogP contribution in [0, 0.1) is 0 Å². The van der Waals surface area contributed by atoms with E-state index in [1.54, 1.807) is 11.8 Å². The molecule has 0 saturated carbocycles. The molecule has 2 aromatic heterocycles. The minimum Gasteiger partial charge on any atom is -0.466 e. The number of aromatic nitrogens is 1. The third-order valence-corrected chi connectivity index (χ3v) is 7.79. The summed E-state index contributed by atoms with van der Waals surface area (Å²) in [6, 6.07) is 10.6. The minimum absolute atomic E-state index is 0.181. The van der Waals surface area contributed by atoms with Crippen LogP contribution in [-0.2, 0) is 14.3 Å². The molecule has 33 heavy (non-hydrogen) atoms. The number of anilines is 1. The summed E-state index contributed by atoms with van der Waals surface area (Å²) in [5.74, 6) is -0.705. The van der Waals surface area contributed by atoms with Gasteiger partial charge in [0.1, 0.15) is 10.6 Å². The van der Waals surface area contributed by atoms with E-state index in [1.807, 2.05) is 48.7 Å². The molecule has 4 heterocycles. The van der Waals surface area contributed by atoms with Gasteiger partial charge in [-0.05, 0) is 30.9 Å². The molecule has 7 nitrogen and oxygen atoms in total. The van der Waals surface area contributed by atoms with Gasteiger partial charge in [-0.25, -0.2) is 9.79 Å². The SMILES string of the molecule is CCCN1C(=O)/C(=c2\sc3n(c2=O)[C@@H](c2cccs2)C(C(=O)OC)=C(C)N=3)c2ccccc21. The molecule has 3 aromatic rings. The first-order chi connectivity index (χ1) is 16.0. The summed E-state index contributed by atoms with van der Waals surface area (Å²) in [5, 5.41) is 1.90. The van der Waals surface area contributed by atoms with Crippen LogP contribution in [0.25, 0.3) is 5.57 Å². The first-order valence-electron chi connectivity index (χ1n) is 10.6. The van der Waals surface area contributed by atoms with Gasteiger partial charge in [0, 0.05) is 17.0 Å². The molecule has 2 aliphatic heterocycles. The molecule has 9 heteroatoms. The van der Waals surface area contributed by atoms with Crippen molar-refractivity contribution in [3.63, 3.8) is 0 Å². The van der Waals surface area contributed by atoms with Crippen LogP contribution in [0.2, 0.25) is 0 Å². The highest BCUT2D eigenvalue weighted by Crippen LogP contribution is 2.36. The van der Waals surface area contributed by atoms with E-state index in [1.165, 1.54) is 34.4 Å². The molecular weight excluding hydrogens is 458 g/mol. The summed E-state index contributed by atoms with van der Waals surface area (Å²) in [4.78, 5) is 47.6. The molecule has 1 amide bonds. The number of carbonyl (C=O) groups is 2. The lowest BCUT2D eigenvalue weighted by Crippen LogP contribution is -2.40. The maximum absolute atomic E-state index is 13.8. The van der Waals surface area contributed by atoms with Gasteiger partial charge >= 0.3 is 5.97 Å². The van der Waals surface area contributed by atoms with E-state index in [-0.39, 0.29) is 11.5 Å². The summed E-state index contributed by atoms with van der Waals surface area (Å²) in [5.41, 5.74) is 2.46. The van der Waals surface area contributed by atoms with Crippen LogP contribution >= 0.6 is 22.7 Å². The molecular formula is C24H21N3O4S2. The van der Waals surface area contributed by atoms with Gasteiger partial charge in [0.2, 0.25) is 0 Å². The molecule has 0 aliphatic carbocycles. The van der Waals surface area contributed by atoms with Crippen LogP contribution in [0.1, 0.15) is 36.8 Å². The van der Waals surface area contributed by atoms with Gasteiger partial charge in [-0.2, -0.15) is 0 Å². The molecule has 0 saturated heterocycles. The number of methoxy groups -OCH3 is 1. The number of ether oxygens (including phenoxy) is 1. The van der Waals surface area contributed by atoms with E-state index >= 15 is 0 Å². The Labute approximate surface area is 197 Å². The molecule has 0 unspecified atom stereocenters. The average Bonchev–Trinajstić information content (AvgIpc) is 3.51. The zero-order valence-corrected chi connectivity index (χ0v) is 20.0. The number of hydrogen-bond acceptors (Lipinski definition) is 7. The maximum atomic E-state index is 13.8. The van der Waals surface area contributed by atoms with Gasteiger partial charge in [0.25, 0.3) is 11.5 Å². The normalized spacial score (nSPS) is 18.8. The summed E-state index contributed by atoms with van der Waals surface area (Å²) >= 11 is 2.64. The average molecular weight is 480 g/mol. The molecule has 0 spiro atoms. The number of fused-ring (bicyclic) bond motifs is 2. The first kappa shape index (κ1) is 21.5. The number of para-hydroxylation sites is 1. The Morgan fingerprint density at radius 2 is 1.97 bits per heavy atom. The van der Waals surface area contributed by atoms with Crippen molar-refractivity contribution in [3.05, 3.63) is 83.2 Å². The fourth-order valence-electron chi connectivity index (χ4n) is 4.40. The lowest BCUT2D eigenvalue weighted by molar-refractivity contribution is -0.136. The largest absolute Gasteiger partial charge is 0.466 e. The van der Waals surface area contributed by atoms with Crippen LogP contribution < -0.4 is 19.8 Å². The van der Waals surface area contributed by atoms with Gasteiger partial charge in [-0.3, -0.25) is 14.2 Å². The number of amides is 1. The van der Waals surface area contributed by atoms with Crippen molar-refractivity contribution in [1.29, 1.82) is 0 Å². The zero-order chi connectivity index (χ0) is 23.3. The highest BCUT2D eigenvalue weighted by atomic mass is 32.1. The smallest absolute Gasteiger partial charge is 0.338 e.